The summed E-state index contributed by atoms with van der Waals surface area (Å²) in [5.41, 5.74) is 12.2. The average molecular weight is 626 g/mol. The number of ether oxygens (including phenoxy) is 2. The number of anilines is 1. The molecule has 0 aliphatic carbocycles. The van der Waals surface area contributed by atoms with Crippen molar-refractivity contribution >= 4 is 30.4 Å². The zero-order valence-electron chi connectivity index (χ0n) is 26.7. The Hall–Kier alpha value is -2.04. The van der Waals surface area contributed by atoms with Gasteiger partial charge in [-0.25, -0.2) is 9.97 Å². The number of aromatic nitrogens is 3. The van der Waals surface area contributed by atoms with E-state index in [2.05, 4.69) is 16.9 Å². The fraction of sp³-hybridized carbons (Fsp3) is 0.774. The Labute approximate surface area is 258 Å². The van der Waals surface area contributed by atoms with E-state index in [-0.39, 0.29) is 24.5 Å². The molecule has 0 aliphatic rings. The number of fused-ring (bicyclic) bond motifs is 1. The van der Waals surface area contributed by atoms with Crippen LogP contribution in [0.5, 0.6) is 0 Å². The monoisotopic (exact) mass is 625 g/mol. The second-order valence-corrected chi connectivity index (χ2v) is 13.3. The topological polar surface area (TPSA) is 165 Å². The van der Waals surface area contributed by atoms with Gasteiger partial charge in [0.2, 0.25) is 0 Å². The number of nitrogens with zero attached hydrogens (tertiary/aromatic N) is 3. The van der Waals surface area contributed by atoms with Crippen LogP contribution in [-0.2, 0) is 25.1 Å². The van der Waals surface area contributed by atoms with Gasteiger partial charge in [-0.05, 0) is 26.7 Å². The van der Waals surface area contributed by atoms with Crippen LogP contribution in [0.4, 0.5) is 5.82 Å². The summed E-state index contributed by atoms with van der Waals surface area (Å²) in [6, 6.07) is 0. The number of primary amides is 1. The highest BCUT2D eigenvalue weighted by Gasteiger charge is 2.23. The first-order valence-electron chi connectivity index (χ1n) is 16.2. The first kappa shape index (κ1) is 37.1. The van der Waals surface area contributed by atoms with E-state index in [0.29, 0.717) is 36.5 Å². The Balaban J connectivity index is 1.49. The van der Waals surface area contributed by atoms with Gasteiger partial charge in [-0.15, -0.1) is 0 Å². The van der Waals surface area contributed by atoms with Gasteiger partial charge in [0.15, 0.2) is 0 Å². The van der Waals surface area contributed by atoms with Crippen molar-refractivity contribution in [3.8, 4) is 0 Å². The molecule has 2 rings (SSSR count). The van der Waals surface area contributed by atoms with Crippen molar-refractivity contribution in [3.05, 3.63) is 17.6 Å². The zero-order chi connectivity index (χ0) is 31.5. The predicted octanol–water partition coefficient (Wildman–Crippen LogP) is 6.87. The largest absolute Gasteiger partial charge is 0.383 e. The molecule has 0 aliphatic heterocycles. The lowest BCUT2D eigenvalue weighted by atomic mass is 10.0. The number of carbonyl (C=O) groups excluding carboxylic acids is 1. The molecule has 2 atom stereocenters. The maximum absolute atomic E-state index is 12.4. The van der Waals surface area contributed by atoms with Crippen molar-refractivity contribution in [3.63, 3.8) is 0 Å². The van der Waals surface area contributed by atoms with Crippen LogP contribution in [0.3, 0.4) is 0 Å². The average Bonchev–Trinajstić information content (AvgIpc) is 3.31. The van der Waals surface area contributed by atoms with Gasteiger partial charge in [0, 0.05) is 19.4 Å². The summed E-state index contributed by atoms with van der Waals surface area (Å²) in [4.78, 5) is 30.5. The van der Waals surface area contributed by atoms with Gasteiger partial charge in [-0.3, -0.25) is 9.36 Å². The maximum Gasteiger partial charge on any atom is 0.353 e. The molecule has 0 aromatic carbocycles. The van der Waals surface area contributed by atoms with Crippen molar-refractivity contribution in [2.75, 3.05) is 31.9 Å². The van der Waals surface area contributed by atoms with E-state index >= 15 is 0 Å². The molecule has 5 N–H and O–H groups in total. The Morgan fingerprint density at radius 3 is 2.07 bits per heavy atom. The fourth-order valence-electron chi connectivity index (χ4n) is 5.11. The molecule has 2 aromatic rings. The van der Waals surface area contributed by atoms with Crippen LogP contribution in [-0.4, -0.2) is 57.6 Å². The Kier molecular flexibility index (Phi) is 18.0. The molecular formula is C31H56N5O6P. The molecule has 0 bridgehead atoms. The summed E-state index contributed by atoms with van der Waals surface area (Å²) in [5.74, 6) is -0.0282. The van der Waals surface area contributed by atoms with Gasteiger partial charge in [0.1, 0.15) is 23.6 Å². The first-order chi connectivity index (χ1) is 20.6. The number of rotatable bonds is 26. The summed E-state index contributed by atoms with van der Waals surface area (Å²) < 4.78 is 30.5. The van der Waals surface area contributed by atoms with Crippen LogP contribution in [0.25, 0.3) is 11.0 Å². The number of aryl methyl sites for hydroxylation is 1. The molecule has 0 spiro atoms. The van der Waals surface area contributed by atoms with Crippen molar-refractivity contribution in [1.82, 2.24) is 14.5 Å². The lowest BCUT2D eigenvalue weighted by Gasteiger charge is -2.17. The zero-order valence-corrected chi connectivity index (χ0v) is 27.6. The van der Waals surface area contributed by atoms with Gasteiger partial charge in [-0.1, -0.05) is 90.4 Å². The van der Waals surface area contributed by atoms with Gasteiger partial charge in [0.05, 0.1) is 30.2 Å². The Morgan fingerprint density at radius 1 is 0.930 bits per heavy atom. The SMILES string of the molecule is CCCCCCCCCCCCCCCCOCCCOP(=O)(O)CO[C@H](C)Cn1cc(C(N)=O)c2c(N)nc(C)nc21. The van der Waals surface area contributed by atoms with E-state index in [1.54, 1.807) is 24.6 Å². The second-order valence-electron chi connectivity index (χ2n) is 11.6. The molecule has 1 unspecified atom stereocenters. The third kappa shape index (κ3) is 15.0. The molecule has 0 saturated heterocycles. The van der Waals surface area contributed by atoms with E-state index in [1.807, 2.05) is 0 Å². The molecule has 246 valence electrons. The molecule has 12 heteroatoms. The molecule has 0 radical (unpaired) electrons. The van der Waals surface area contributed by atoms with Crippen LogP contribution >= 0.6 is 7.60 Å². The lowest BCUT2D eigenvalue weighted by molar-refractivity contribution is 0.0689. The number of unbranched alkanes of at least 4 members (excludes halogenated alkanes) is 13. The van der Waals surface area contributed by atoms with E-state index in [1.165, 1.54) is 83.5 Å². The van der Waals surface area contributed by atoms with Gasteiger partial charge in [0.25, 0.3) is 5.91 Å². The fourth-order valence-corrected chi connectivity index (χ4v) is 6.04. The number of hydrogen-bond donors (Lipinski definition) is 3. The second kappa shape index (κ2) is 20.8. The minimum Gasteiger partial charge on any atom is -0.383 e. The van der Waals surface area contributed by atoms with Crippen LogP contribution < -0.4 is 11.5 Å². The number of amides is 1. The number of nitrogens with two attached hydrogens (primary N) is 2. The highest BCUT2D eigenvalue weighted by molar-refractivity contribution is 7.52. The van der Waals surface area contributed by atoms with Crippen molar-refractivity contribution in [1.29, 1.82) is 0 Å². The minimum absolute atomic E-state index is 0.115. The number of hydrogen-bond acceptors (Lipinski definition) is 8. The molecule has 2 heterocycles. The standard InChI is InChI=1S/C31H56N5O6P/c1-4-5-6-7-8-9-10-11-12-13-14-15-16-17-19-40-20-18-21-42-43(38,39)24-41-25(2)22-36-23-27(30(33)37)28-29(32)34-26(3)35-31(28)36/h23,25H,4-22,24H2,1-3H3,(H2,33,37)(H,38,39)(H2,32,34,35)/t25-/m1/s1. The molecule has 0 saturated carbocycles. The number of nitrogen functional groups attached to an aromatic ring is 1. The molecule has 0 fully saturated rings. The molecule has 11 nitrogen and oxygen atoms in total. The predicted molar refractivity (Wildman–Crippen MR) is 172 cm³/mol. The van der Waals surface area contributed by atoms with Crippen LogP contribution in [0.1, 0.15) is 126 Å². The van der Waals surface area contributed by atoms with E-state index in [4.69, 9.17) is 25.5 Å². The van der Waals surface area contributed by atoms with E-state index in [9.17, 15) is 14.3 Å². The van der Waals surface area contributed by atoms with E-state index in [0.717, 1.165) is 6.42 Å². The Morgan fingerprint density at radius 2 is 1.49 bits per heavy atom. The quantitative estimate of drug-likeness (QED) is 0.0747. The normalized spacial score (nSPS) is 13.9. The maximum atomic E-state index is 12.4. The molecule has 1 amide bonds. The van der Waals surface area contributed by atoms with Crippen LogP contribution in [0, 0.1) is 6.92 Å². The summed E-state index contributed by atoms with van der Waals surface area (Å²) in [6.07, 6.45) is 19.7. The van der Waals surface area contributed by atoms with Crippen molar-refractivity contribution < 1.29 is 28.3 Å². The van der Waals surface area contributed by atoms with Gasteiger partial charge >= 0.3 is 7.60 Å². The number of carbonyl (C=O) groups is 1. The molecule has 2 aromatic heterocycles. The highest BCUT2D eigenvalue weighted by atomic mass is 31.2. The Bertz CT molecular complexity index is 1130. The minimum atomic E-state index is -3.92. The van der Waals surface area contributed by atoms with E-state index < -0.39 is 26.0 Å². The highest BCUT2D eigenvalue weighted by Crippen LogP contribution is 2.42. The first-order valence-corrected chi connectivity index (χ1v) is 18.0. The molecule has 43 heavy (non-hydrogen) atoms. The summed E-state index contributed by atoms with van der Waals surface area (Å²) in [5, 5.41) is 0.382. The lowest BCUT2D eigenvalue weighted by Crippen LogP contribution is -2.18. The summed E-state index contributed by atoms with van der Waals surface area (Å²) in [7, 11) is -3.92. The molecular weight excluding hydrogens is 569 g/mol. The van der Waals surface area contributed by atoms with Crippen molar-refractivity contribution in [2.45, 2.75) is 130 Å². The smallest absolute Gasteiger partial charge is 0.353 e. The third-order valence-corrected chi connectivity index (χ3v) is 8.53. The third-order valence-electron chi connectivity index (χ3n) is 7.47. The summed E-state index contributed by atoms with van der Waals surface area (Å²) >= 11 is 0. The summed E-state index contributed by atoms with van der Waals surface area (Å²) in [6.45, 7) is 7.28. The van der Waals surface area contributed by atoms with Gasteiger partial charge in [-0.2, -0.15) is 0 Å². The van der Waals surface area contributed by atoms with Gasteiger partial charge < -0.3 is 34.9 Å². The van der Waals surface area contributed by atoms with Crippen LogP contribution in [0.2, 0.25) is 0 Å². The van der Waals surface area contributed by atoms with Crippen molar-refractivity contribution in [2.24, 2.45) is 5.73 Å². The van der Waals surface area contributed by atoms with Crippen LogP contribution in [0.15, 0.2) is 6.20 Å².